The number of ether oxygens (including phenoxy) is 1. The zero-order chi connectivity index (χ0) is 24.4. The molecule has 3 rings (SSSR count). The number of benzene rings is 2. The lowest BCUT2D eigenvalue weighted by Crippen LogP contribution is -2.40. The van der Waals surface area contributed by atoms with Gasteiger partial charge < -0.3 is 15.0 Å². The summed E-state index contributed by atoms with van der Waals surface area (Å²) in [7, 11) is 0. The number of hydrogen-bond acceptors (Lipinski definition) is 4. The third-order valence-electron chi connectivity index (χ3n) is 5.27. The van der Waals surface area contributed by atoms with Gasteiger partial charge in [-0.15, -0.1) is 0 Å². The maximum absolute atomic E-state index is 13.8. The molecule has 0 saturated carbocycles. The second kappa shape index (κ2) is 9.62. The first-order valence-electron chi connectivity index (χ1n) is 10.5. The fraction of sp³-hybridized carbons (Fsp3) is 0.417. The van der Waals surface area contributed by atoms with Gasteiger partial charge in [0.2, 0.25) is 0 Å². The van der Waals surface area contributed by atoms with Crippen LogP contribution in [-0.2, 0) is 10.9 Å². The van der Waals surface area contributed by atoms with Crippen LogP contribution in [0.2, 0.25) is 5.02 Å². The predicted molar refractivity (Wildman–Crippen MR) is 119 cm³/mol. The molecule has 0 aromatic heterocycles. The molecule has 5 nitrogen and oxygen atoms in total. The molecular formula is C24H25ClF3N3O2. The number of nitrogens with zero attached hydrogens (tertiary/aromatic N) is 2. The highest BCUT2D eigenvalue weighted by Gasteiger charge is 2.37. The van der Waals surface area contributed by atoms with Crippen LogP contribution in [0.3, 0.4) is 0 Å². The van der Waals surface area contributed by atoms with Crippen molar-refractivity contribution in [3.05, 3.63) is 69.7 Å². The number of nitriles is 1. The quantitative estimate of drug-likeness (QED) is 0.591. The first-order chi connectivity index (χ1) is 15.4. The van der Waals surface area contributed by atoms with Crippen molar-refractivity contribution < 1.29 is 22.7 Å². The Morgan fingerprint density at radius 2 is 1.94 bits per heavy atom. The maximum Gasteiger partial charge on any atom is 0.416 e. The minimum absolute atomic E-state index is 0.0430. The third-order valence-corrected chi connectivity index (χ3v) is 5.58. The Morgan fingerprint density at radius 3 is 2.55 bits per heavy atom. The van der Waals surface area contributed by atoms with Gasteiger partial charge in [0, 0.05) is 19.1 Å². The molecule has 0 spiro atoms. The summed E-state index contributed by atoms with van der Waals surface area (Å²) < 4.78 is 46.8. The highest BCUT2D eigenvalue weighted by Crippen LogP contribution is 2.37. The molecule has 0 radical (unpaired) electrons. The van der Waals surface area contributed by atoms with E-state index in [2.05, 4.69) is 5.32 Å². The molecule has 1 N–H and O–H groups in total. The fourth-order valence-corrected chi connectivity index (χ4v) is 4.03. The summed E-state index contributed by atoms with van der Waals surface area (Å²) in [5.41, 5.74) is -0.631. The number of carbonyl (C=O) groups excluding carboxylic acids is 1. The maximum atomic E-state index is 13.8. The standard InChI is InChI=1S/C24H25ClF3N3O2/c1-23(2,3)33-22(32)31-11-10-17(14-31)30-21(15-8-9-16(13-29)20(25)12-15)18-6-4-5-7-19(18)24(26,27)28/h4-9,12,17,21,30H,10-11,14H2,1-3H3/t17-,21?/m0/s1. The average Bonchev–Trinajstić information content (AvgIpc) is 3.19. The van der Waals surface area contributed by atoms with Crippen LogP contribution in [0.1, 0.15) is 55.5 Å². The Balaban J connectivity index is 1.93. The van der Waals surface area contributed by atoms with Crippen molar-refractivity contribution in [2.24, 2.45) is 0 Å². The van der Waals surface area contributed by atoms with Crippen molar-refractivity contribution in [1.82, 2.24) is 10.2 Å². The highest BCUT2D eigenvalue weighted by atomic mass is 35.5. The van der Waals surface area contributed by atoms with E-state index in [1.807, 2.05) is 6.07 Å². The van der Waals surface area contributed by atoms with Crippen molar-refractivity contribution in [2.75, 3.05) is 13.1 Å². The van der Waals surface area contributed by atoms with E-state index < -0.39 is 29.5 Å². The van der Waals surface area contributed by atoms with Gasteiger partial charge in [0.1, 0.15) is 11.7 Å². The zero-order valence-electron chi connectivity index (χ0n) is 18.5. The Morgan fingerprint density at radius 1 is 1.24 bits per heavy atom. The topological polar surface area (TPSA) is 65.4 Å². The minimum Gasteiger partial charge on any atom is -0.444 e. The van der Waals surface area contributed by atoms with E-state index in [-0.39, 0.29) is 22.2 Å². The molecule has 1 aliphatic rings. The average molecular weight is 480 g/mol. The van der Waals surface area contributed by atoms with E-state index in [1.54, 1.807) is 37.8 Å². The number of alkyl halides is 3. The summed E-state index contributed by atoms with van der Waals surface area (Å²) >= 11 is 6.19. The van der Waals surface area contributed by atoms with Crippen LogP contribution in [0, 0.1) is 11.3 Å². The Labute approximate surface area is 196 Å². The minimum atomic E-state index is -4.55. The van der Waals surface area contributed by atoms with E-state index in [4.69, 9.17) is 21.6 Å². The first-order valence-corrected chi connectivity index (χ1v) is 10.9. The SMILES string of the molecule is CC(C)(C)OC(=O)N1CC[C@H](NC(c2ccc(C#N)c(Cl)c2)c2ccccc2C(F)(F)F)C1. The Hall–Kier alpha value is -2.76. The van der Waals surface area contributed by atoms with Crippen molar-refractivity contribution in [3.63, 3.8) is 0 Å². The van der Waals surface area contributed by atoms with Crippen molar-refractivity contribution in [1.29, 1.82) is 5.26 Å². The third kappa shape index (κ3) is 6.18. The molecule has 2 aromatic rings. The van der Waals surface area contributed by atoms with E-state index in [0.717, 1.165) is 6.07 Å². The van der Waals surface area contributed by atoms with Gasteiger partial charge in [-0.25, -0.2) is 4.79 Å². The van der Waals surface area contributed by atoms with Crippen LogP contribution in [0.15, 0.2) is 42.5 Å². The molecule has 1 unspecified atom stereocenters. The van der Waals surface area contributed by atoms with Gasteiger partial charge in [0.25, 0.3) is 0 Å². The fourth-order valence-electron chi connectivity index (χ4n) is 3.80. The molecular weight excluding hydrogens is 455 g/mol. The van der Waals surface area contributed by atoms with Crippen LogP contribution in [0.4, 0.5) is 18.0 Å². The van der Waals surface area contributed by atoms with Crippen LogP contribution in [0.5, 0.6) is 0 Å². The molecule has 1 saturated heterocycles. The molecule has 1 aliphatic heterocycles. The Kier molecular flexibility index (Phi) is 7.25. The molecule has 1 fully saturated rings. The number of likely N-dealkylation sites (tertiary alicyclic amines) is 1. The van der Waals surface area contributed by atoms with E-state index in [1.165, 1.54) is 24.3 Å². The molecule has 0 aliphatic carbocycles. The summed E-state index contributed by atoms with van der Waals surface area (Å²) in [6.07, 6.45) is -4.46. The largest absolute Gasteiger partial charge is 0.444 e. The van der Waals surface area contributed by atoms with Gasteiger partial charge in [0.15, 0.2) is 0 Å². The molecule has 176 valence electrons. The van der Waals surface area contributed by atoms with Crippen molar-refractivity contribution >= 4 is 17.7 Å². The summed E-state index contributed by atoms with van der Waals surface area (Å²) in [6, 6.07) is 10.8. The summed E-state index contributed by atoms with van der Waals surface area (Å²) in [5.74, 6) is 0. The summed E-state index contributed by atoms with van der Waals surface area (Å²) in [6.45, 7) is 6.04. The molecule has 2 aromatic carbocycles. The van der Waals surface area contributed by atoms with Gasteiger partial charge in [-0.3, -0.25) is 0 Å². The lowest BCUT2D eigenvalue weighted by Gasteiger charge is -2.27. The van der Waals surface area contributed by atoms with Gasteiger partial charge in [0.05, 0.1) is 22.2 Å². The zero-order valence-corrected chi connectivity index (χ0v) is 19.3. The number of carbonyl (C=O) groups is 1. The Bertz CT molecular complexity index is 1060. The number of hydrogen-bond donors (Lipinski definition) is 1. The van der Waals surface area contributed by atoms with Gasteiger partial charge >= 0.3 is 12.3 Å². The number of rotatable bonds is 4. The smallest absolute Gasteiger partial charge is 0.416 e. The van der Waals surface area contributed by atoms with Crippen LogP contribution in [-0.4, -0.2) is 35.7 Å². The normalized spacial score (nSPS) is 17.5. The lowest BCUT2D eigenvalue weighted by molar-refractivity contribution is -0.138. The summed E-state index contributed by atoms with van der Waals surface area (Å²) in [5, 5.41) is 12.6. The molecule has 33 heavy (non-hydrogen) atoms. The van der Waals surface area contributed by atoms with E-state index in [0.29, 0.717) is 25.1 Å². The second-order valence-electron chi connectivity index (χ2n) is 8.95. The van der Waals surface area contributed by atoms with Crippen LogP contribution >= 0.6 is 11.6 Å². The lowest BCUT2D eigenvalue weighted by atomic mass is 9.92. The predicted octanol–water partition coefficient (Wildman–Crippen LogP) is 5.92. The molecule has 2 atom stereocenters. The molecule has 1 amide bonds. The van der Waals surface area contributed by atoms with Gasteiger partial charge in [-0.2, -0.15) is 18.4 Å². The first kappa shape index (κ1) is 24.9. The van der Waals surface area contributed by atoms with E-state index in [9.17, 15) is 18.0 Å². The highest BCUT2D eigenvalue weighted by molar-refractivity contribution is 6.31. The van der Waals surface area contributed by atoms with Crippen molar-refractivity contribution in [3.8, 4) is 6.07 Å². The number of nitrogens with one attached hydrogen (secondary N) is 1. The van der Waals surface area contributed by atoms with Crippen molar-refractivity contribution in [2.45, 2.75) is 51.1 Å². The van der Waals surface area contributed by atoms with E-state index >= 15 is 0 Å². The molecule has 9 heteroatoms. The number of halogens is 4. The second-order valence-corrected chi connectivity index (χ2v) is 9.35. The monoisotopic (exact) mass is 479 g/mol. The van der Waals surface area contributed by atoms with Crippen LogP contribution in [0.25, 0.3) is 0 Å². The molecule has 1 heterocycles. The van der Waals surface area contributed by atoms with Gasteiger partial charge in [-0.1, -0.05) is 35.9 Å². The van der Waals surface area contributed by atoms with Gasteiger partial charge in [-0.05, 0) is 56.5 Å². The molecule has 0 bridgehead atoms. The summed E-state index contributed by atoms with van der Waals surface area (Å²) in [4.78, 5) is 14.0. The van der Waals surface area contributed by atoms with Crippen LogP contribution < -0.4 is 5.32 Å². The number of amides is 1.